The molecule has 1 fully saturated rings. The number of nitrogens with one attached hydrogen (secondary N) is 1. The minimum Gasteiger partial charge on any atom is -0.385 e. The molecule has 0 aliphatic heterocycles. The first-order valence-electron chi connectivity index (χ1n) is 7.28. The van der Waals surface area contributed by atoms with E-state index in [2.05, 4.69) is 5.32 Å². The van der Waals surface area contributed by atoms with E-state index < -0.39 is 0 Å². The lowest BCUT2D eigenvalue weighted by Crippen LogP contribution is -2.41. The van der Waals surface area contributed by atoms with Crippen LogP contribution >= 0.6 is 0 Å². The molecule has 1 aliphatic rings. The minimum absolute atomic E-state index is 0.0338. The maximum absolute atomic E-state index is 12.0. The number of amides is 1. The number of carbonyl (C=O) groups is 1. The molecule has 1 aliphatic carbocycles. The highest BCUT2D eigenvalue weighted by Crippen LogP contribution is 2.22. The highest BCUT2D eigenvalue weighted by molar-refractivity contribution is 5.79. The number of ether oxygens (including phenoxy) is 1. The smallest absolute Gasteiger partial charge is 0.224 e. The van der Waals surface area contributed by atoms with Crippen molar-refractivity contribution in [3.63, 3.8) is 0 Å². The third-order valence-corrected chi connectivity index (χ3v) is 3.73. The first kappa shape index (κ1) is 15.4. The van der Waals surface area contributed by atoms with Crippen molar-refractivity contribution in [2.45, 2.75) is 57.4 Å². The first-order valence-corrected chi connectivity index (χ1v) is 7.28. The van der Waals surface area contributed by atoms with Crippen molar-refractivity contribution in [1.29, 1.82) is 0 Å². The van der Waals surface area contributed by atoms with Crippen LogP contribution in [0.25, 0.3) is 0 Å². The quantitative estimate of drug-likeness (QED) is 0.539. The third-order valence-electron chi connectivity index (χ3n) is 3.73. The Kier molecular flexibility index (Phi) is 8.01. The van der Waals surface area contributed by atoms with E-state index >= 15 is 0 Å². The summed E-state index contributed by atoms with van der Waals surface area (Å²) in [4.78, 5) is 12.0. The van der Waals surface area contributed by atoms with Gasteiger partial charge in [0.1, 0.15) is 0 Å². The number of carbonyl (C=O) groups excluding carboxylic acids is 1. The van der Waals surface area contributed by atoms with E-state index in [4.69, 9.17) is 10.5 Å². The fourth-order valence-electron chi connectivity index (χ4n) is 2.55. The van der Waals surface area contributed by atoms with E-state index in [0.29, 0.717) is 0 Å². The minimum atomic E-state index is 0.0338. The molecule has 4 heteroatoms. The summed E-state index contributed by atoms with van der Waals surface area (Å²) in [7, 11) is 1.72. The van der Waals surface area contributed by atoms with E-state index in [-0.39, 0.29) is 17.9 Å². The second-order valence-corrected chi connectivity index (χ2v) is 5.25. The number of nitrogens with two attached hydrogens (primary N) is 1. The standard InChI is InChI=1S/C14H28N2O2/c1-18-11-7-3-6-10-16-14(17)12-8-4-2-5-9-13(12)15/h12-13H,2-11,15H2,1H3,(H,16,17). The lowest BCUT2D eigenvalue weighted by Gasteiger charge is -2.20. The highest BCUT2D eigenvalue weighted by Gasteiger charge is 2.26. The van der Waals surface area contributed by atoms with Crippen molar-refractivity contribution in [1.82, 2.24) is 5.32 Å². The predicted molar refractivity (Wildman–Crippen MR) is 73.3 cm³/mol. The van der Waals surface area contributed by atoms with Gasteiger partial charge in [-0.1, -0.05) is 19.3 Å². The Labute approximate surface area is 111 Å². The highest BCUT2D eigenvalue weighted by atomic mass is 16.5. The van der Waals surface area contributed by atoms with Crippen LogP contribution in [0.5, 0.6) is 0 Å². The summed E-state index contributed by atoms with van der Waals surface area (Å²) in [5, 5.41) is 3.03. The Bertz CT molecular complexity index is 234. The molecule has 0 radical (unpaired) electrons. The molecule has 1 rings (SSSR count). The molecule has 106 valence electrons. The molecular formula is C14H28N2O2. The second kappa shape index (κ2) is 9.34. The average Bonchev–Trinajstić information content (AvgIpc) is 2.58. The lowest BCUT2D eigenvalue weighted by molar-refractivity contribution is -0.125. The maximum atomic E-state index is 12.0. The van der Waals surface area contributed by atoms with Gasteiger partial charge in [-0.15, -0.1) is 0 Å². The van der Waals surface area contributed by atoms with Crippen molar-refractivity contribution in [2.75, 3.05) is 20.3 Å². The van der Waals surface area contributed by atoms with Crippen LogP contribution in [0.2, 0.25) is 0 Å². The third kappa shape index (κ3) is 5.83. The number of rotatable bonds is 7. The topological polar surface area (TPSA) is 64.3 Å². The maximum Gasteiger partial charge on any atom is 0.224 e. The van der Waals surface area contributed by atoms with Crippen LogP contribution in [0.15, 0.2) is 0 Å². The Hall–Kier alpha value is -0.610. The van der Waals surface area contributed by atoms with Gasteiger partial charge in [0.2, 0.25) is 5.91 Å². The summed E-state index contributed by atoms with van der Waals surface area (Å²) >= 11 is 0. The predicted octanol–water partition coefficient (Wildman–Crippen LogP) is 1.83. The van der Waals surface area contributed by atoms with E-state index in [9.17, 15) is 4.79 Å². The van der Waals surface area contributed by atoms with E-state index in [1.807, 2.05) is 0 Å². The van der Waals surface area contributed by atoms with Crippen molar-refractivity contribution in [2.24, 2.45) is 11.7 Å². The van der Waals surface area contributed by atoms with Crippen LogP contribution in [0.1, 0.15) is 51.4 Å². The average molecular weight is 256 g/mol. The molecule has 0 bridgehead atoms. The molecule has 0 aromatic heterocycles. The van der Waals surface area contributed by atoms with Gasteiger partial charge < -0.3 is 15.8 Å². The summed E-state index contributed by atoms with van der Waals surface area (Å²) in [5.74, 6) is 0.197. The van der Waals surface area contributed by atoms with Gasteiger partial charge in [-0.05, 0) is 32.1 Å². The normalized spacial score (nSPS) is 24.6. The number of hydrogen-bond donors (Lipinski definition) is 2. The molecule has 1 amide bonds. The molecule has 0 heterocycles. The summed E-state index contributed by atoms with van der Waals surface area (Å²) in [6, 6.07) is 0.0565. The van der Waals surface area contributed by atoms with Crippen molar-refractivity contribution >= 4 is 5.91 Å². The van der Waals surface area contributed by atoms with Gasteiger partial charge in [0.25, 0.3) is 0 Å². The van der Waals surface area contributed by atoms with Gasteiger partial charge in [0.15, 0.2) is 0 Å². The van der Waals surface area contributed by atoms with E-state index in [1.165, 1.54) is 12.8 Å². The van der Waals surface area contributed by atoms with Crippen molar-refractivity contribution in [3.8, 4) is 0 Å². The largest absolute Gasteiger partial charge is 0.385 e. The Morgan fingerprint density at radius 3 is 2.78 bits per heavy atom. The summed E-state index contributed by atoms with van der Waals surface area (Å²) in [6.07, 6.45) is 8.66. The van der Waals surface area contributed by atoms with Crippen LogP contribution in [-0.4, -0.2) is 32.2 Å². The van der Waals surface area contributed by atoms with Gasteiger partial charge in [-0.2, -0.15) is 0 Å². The zero-order valence-electron chi connectivity index (χ0n) is 11.6. The van der Waals surface area contributed by atoms with Crippen LogP contribution in [0.3, 0.4) is 0 Å². The zero-order valence-corrected chi connectivity index (χ0v) is 11.6. The van der Waals surface area contributed by atoms with Gasteiger partial charge in [-0.25, -0.2) is 0 Å². The lowest BCUT2D eigenvalue weighted by atomic mass is 9.94. The summed E-state index contributed by atoms with van der Waals surface area (Å²) in [6.45, 7) is 1.58. The van der Waals surface area contributed by atoms with Gasteiger partial charge in [0, 0.05) is 26.3 Å². The molecule has 0 saturated heterocycles. The van der Waals surface area contributed by atoms with Crippen molar-refractivity contribution in [3.05, 3.63) is 0 Å². The number of unbranched alkanes of at least 4 members (excludes halogenated alkanes) is 2. The van der Waals surface area contributed by atoms with Gasteiger partial charge in [0.05, 0.1) is 5.92 Å². The molecule has 0 aromatic carbocycles. The van der Waals surface area contributed by atoms with Crippen LogP contribution in [0.4, 0.5) is 0 Å². The zero-order chi connectivity index (χ0) is 13.2. The van der Waals surface area contributed by atoms with E-state index in [0.717, 1.165) is 51.7 Å². The summed E-state index contributed by atoms with van der Waals surface area (Å²) < 4.78 is 4.99. The Morgan fingerprint density at radius 1 is 1.22 bits per heavy atom. The van der Waals surface area contributed by atoms with E-state index in [1.54, 1.807) is 7.11 Å². The Morgan fingerprint density at radius 2 is 2.00 bits per heavy atom. The monoisotopic (exact) mass is 256 g/mol. The van der Waals surface area contributed by atoms with Gasteiger partial charge >= 0.3 is 0 Å². The molecule has 2 atom stereocenters. The van der Waals surface area contributed by atoms with Crippen LogP contribution < -0.4 is 11.1 Å². The Balaban J connectivity index is 2.14. The fraction of sp³-hybridized carbons (Fsp3) is 0.929. The molecule has 0 spiro atoms. The molecule has 3 N–H and O–H groups in total. The SMILES string of the molecule is COCCCCCNC(=O)C1CCCCCC1N. The molecule has 0 aromatic rings. The molecule has 1 saturated carbocycles. The number of methoxy groups -OCH3 is 1. The summed E-state index contributed by atoms with van der Waals surface area (Å²) in [5.41, 5.74) is 6.07. The van der Waals surface area contributed by atoms with Crippen molar-refractivity contribution < 1.29 is 9.53 Å². The van der Waals surface area contributed by atoms with Gasteiger partial charge in [-0.3, -0.25) is 4.79 Å². The van der Waals surface area contributed by atoms with Crippen LogP contribution in [0, 0.1) is 5.92 Å². The van der Waals surface area contributed by atoms with Crippen LogP contribution in [-0.2, 0) is 9.53 Å². The molecule has 4 nitrogen and oxygen atoms in total. The molecule has 18 heavy (non-hydrogen) atoms. The first-order chi connectivity index (χ1) is 8.75. The fourth-order valence-corrected chi connectivity index (χ4v) is 2.55. The molecule has 2 unspecified atom stereocenters. The number of hydrogen-bond acceptors (Lipinski definition) is 3. The second-order valence-electron chi connectivity index (χ2n) is 5.25. The molecular weight excluding hydrogens is 228 g/mol.